The molecule has 3 rings (SSSR count). The maximum absolute atomic E-state index is 13.0. The van der Waals surface area contributed by atoms with Gasteiger partial charge in [0.25, 0.3) is 0 Å². The van der Waals surface area contributed by atoms with E-state index in [1.807, 2.05) is 32.9 Å². The van der Waals surface area contributed by atoms with E-state index in [0.29, 0.717) is 43.9 Å². The quantitative estimate of drug-likeness (QED) is 0.840. The number of aryl methyl sites for hydroxylation is 2. The molecule has 0 aromatic heterocycles. The Morgan fingerprint density at radius 3 is 2.23 bits per heavy atom. The summed E-state index contributed by atoms with van der Waals surface area (Å²) in [5.41, 5.74) is 2.40. The summed E-state index contributed by atoms with van der Waals surface area (Å²) in [4.78, 5) is 13.0. The highest BCUT2D eigenvalue weighted by molar-refractivity contribution is 6.30. The molecule has 26 heavy (non-hydrogen) atoms. The molecule has 1 aromatic carbocycles. The number of ether oxygens (including phenoxy) is 2. The molecule has 1 saturated heterocycles. The Hall–Kier alpha value is -1.14. The number of benzene rings is 1. The molecule has 1 aliphatic heterocycles. The molecule has 1 saturated carbocycles. The number of halogens is 1. The van der Waals surface area contributed by atoms with Crippen molar-refractivity contribution in [2.75, 3.05) is 19.8 Å². The minimum atomic E-state index is -0.611. The third-order valence-electron chi connectivity index (χ3n) is 5.86. The van der Waals surface area contributed by atoms with Crippen molar-refractivity contribution in [2.24, 2.45) is 0 Å². The Morgan fingerprint density at radius 1 is 1.19 bits per heavy atom. The van der Waals surface area contributed by atoms with E-state index in [2.05, 4.69) is 5.32 Å². The molecule has 144 valence electrons. The minimum Gasteiger partial charge on any atom is -0.394 e. The Labute approximate surface area is 160 Å². The number of carbonyl (C=O) groups is 1. The van der Waals surface area contributed by atoms with Crippen molar-refractivity contribution in [2.45, 2.75) is 63.7 Å². The number of hydrogen-bond donors (Lipinski definition) is 2. The summed E-state index contributed by atoms with van der Waals surface area (Å²) in [6, 6.07) is 3.77. The van der Waals surface area contributed by atoms with Crippen molar-refractivity contribution in [3.63, 3.8) is 0 Å². The maximum atomic E-state index is 13.0. The Bertz CT molecular complexity index is 651. The van der Waals surface area contributed by atoms with Gasteiger partial charge in [0.2, 0.25) is 5.91 Å². The highest BCUT2D eigenvalue weighted by Gasteiger charge is 2.47. The first kappa shape index (κ1) is 19.6. The largest absolute Gasteiger partial charge is 0.394 e. The Morgan fingerprint density at radius 2 is 1.73 bits per heavy atom. The van der Waals surface area contributed by atoms with Crippen LogP contribution in [0.5, 0.6) is 0 Å². The molecule has 1 amide bonds. The van der Waals surface area contributed by atoms with E-state index < -0.39 is 11.3 Å². The molecule has 6 heteroatoms. The van der Waals surface area contributed by atoms with Gasteiger partial charge in [-0.05, 0) is 62.4 Å². The summed E-state index contributed by atoms with van der Waals surface area (Å²) in [7, 11) is 0. The normalized spacial score (nSPS) is 22.3. The second-order valence-corrected chi connectivity index (χ2v) is 8.15. The second kappa shape index (κ2) is 7.47. The molecule has 1 unspecified atom stereocenters. The van der Waals surface area contributed by atoms with E-state index in [1.54, 1.807) is 0 Å². The van der Waals surface area contributed by atoms with Gasteiger partial charge in [-0.3, -0.25) is 4.79 Å². The van der Waals surface area contributed by atoms with Gasteiger partial charge in [0.15, 0.2) is 5.79 Å². The van der Waals surface area contributed by atoms with Gasteiger partial charge < -0.3 is 19.9 Å². The van der Waals surface area contributed by atoms with Gasteiger partial charge in [0.05, 0.1) is 31.3 Å². The van der Waals surface area contributed by atoms with E-state index in [0.717, 1.165) is 16.7 Å². The topological polar surface area (TPSA) is 67.8 Å². The lowest BCUT2D eigenvalue weighted by molar-refractivity contribution is -0.189. The fraction of sp³-hybridized carbons (Fsp3) is 0.650. The molecular weight excluding hydrogens is 354 g/mol. The zero-order valence-corrected chi connectivity index (χ0v) is 16.5. The van der Waals surface area contributed by atoms with Gasteiger partial charge in [-0.15, -0.1) is 0 Å². The average molecular weight is 382 g/mol. The van der Waals surface area contributed by atoms with Crippen LogP contribution in [0.15, 0.2) is 12.1 Å². The van der Waals surface area contributed by atoms with Crippen LogP contribution in [0.4, 0.5) is 0 Å². The van der Waals surface area contributed by atoms with Crippen LogP contribution in [-0.2, 0) is 14.3 Å². The van der Waals surface area contributed by atoms with Crippen LogP contribution in [0.25, 0.3) is 0 Å². The number of aliphatic hydroxyl groups excluding tert-OH is 1. The van der Waals surface area contributed by atoms with E-state index in [4.69, 9.17) is 21.1 Å². The predicted molar refractivity (Wildman–Crippen MR) is 100 cm³/mol. The van der Waals surface area contributed by atoms with Crippen molar-refractivity contribution in [3.05, 3.63) is 33.8 Å². The Balaban J connectivity index is 1.72. The number of rotatable bonds is 4. The van der Waals surface area contributed by atoms with E-state index in [-0.39, 0.29) is 18.4 Å². The molecule has 1 aromatic rings. The van der Waals surface area contributed by atoms with Crippen molar-refractivity contribution in [3.8, 4) is 0 Å². The van der Waals surface area contributed by atoms with E-state index in [1.165, 1.54) is 0 Å². The highest BCUT2D eigenvalue weighted by atomic mass is 35.5. The summed E-state index contributed by atoms with van der Waals surface area (Å²) >= 11 is 6.11. The van der Waals surface area contributed by atoms with Crippen LogP contribution in [0, 0.1) is 13.8 Å². The smallest absolute Gasteiger partial charge is 0.227 e. The summed E-state index contributed by atoms with van der Waals surface area (Å²) in [6.07, 6.45) is 2.64. The van der Waals surface area contributed by atoms with Crippen molar-refractivity contribution < 1.29 is 19.4 Å². The molecule has 2 N–H and O–H groups in total. The number of amides is 1. The van der Waals surface area contributed by atoms with Crippen LogP contribution in [0.2, 0.25) is 5.02 Å². The molecule has 1 aliphatic carbocycles. The first-order chi connectivity index (χ1) is 12.3. The zero-order valence-electron chi connectivity index (χ0n) is 15.7. The number of carbonyl (C=O) groups excluding carboxylic acids is 1. The first-order valence-electron chi connectivity index (χ1n) is 9.27. The van der Waals surface area contributed by atoms with Crippen LogP contribution in [0.3, 0.4) is 0 Å². The lowest BCUT2D eigenvalue weighted by atomic mass is 9.78. The summed E-state index contributed by atoms with van der Waals surface area (Å²) < 4.78 is 11.5. The lowest BCUT2D eigenvalue weighted by Gasteiger charge is -2.43. The zero-order chi connectivity index (χ0) is 18.9. The molecular formula is C20H28ClNO4. The highest BCUT2D eigenvalue weighted by Crippen LogP contribution is 2.40. The molecule has 1 spiro atoms. The van der Waals surface area contributed by atoms with Gasteiger partial charge in [0.1, 0.15) is 0 Å². The maximum Gasteiger partial charge on any atom is 0.227 e. The third-order valence-corrected chi connectivity index (χ3v) is 6.08. The third kappa shape index (κ3) is 3.77. The molecule has 0 radical (unpaired) electrons. The average Bonchev–Trinajstić information content (AvgIpc) is 3.05. The minimum absolute atomic E-state index is 0.0724. The Kier molecular flexibility index (Phi) is 5.63. The van der Waals surface area contributed by atoms with Crippen LogP contribution in [-0.4, -0.2) is 42.2 Å². The standard InChI is InChI=1S/C20H28ClNO4/c1-13-10-16(21)11-14(2)17(13)15(3)18(24)22-19(12-23)4-6-20(7-5-19)25-8-9-26-20/h10-11,15,23H,4-9,12H2,1-3H3,(H,22,24). The monoisotopic (exact) mass is 381 g/mol. The van der Waals surface area contributed by atoms with Gasteiger partial charge in [-0.2, -0.15) is 0 Å². The summed E-state index contributed by atoms with van der Waals surface area (Å²) in [5.74, 6) is -0.902. The van der Waals surface area contributed by atoms with Crippen LogP contribution < -0.4 is 5.32 Å². The molecule has 2 aliphatic rings. The first-order valence-corrected chi connectivity index (χ1v) is 9.65. The summed E-state index contributed by atoms with van der Waals surface area (Å²) in [5, 5.41) is 13.8. The number of nitrogens with one attached hydrogen (secondary N) is 1. The number of hydrogen-bond acceptors (Lipinski definition) is 4. The molecule has 0 bridgehead atoms. The van der Waals surface area contributed by atoms with E-state index >= 15 is 0 Å². The number of aliphatic hydroxyl groups is 1. The van der Waals surface area contributed by atoms with Gasteiger partial charge >= 0.3 is 0 Å². The molecule has 2 fully saturated rings. The van der Waals surface area contributed by atoms with Crippen molar-refractivity contribution in [1.29, 1.82) is 0 Å². The summed E-state index contributed by atoms with van der Waals surface area (Å²) in [6.45, 7) is 6.99. The molecule has 1 atom stereocenters. The predicted octanol–water partition coefficient (Wildman–Crippen LogP) is 3.22. The SMILES string of the molecule is Cc1cc(Cl)cc(C)c1C(C)C(=O)NC1(CO)CCC2(CC1)OCCO2. The molecule has 1 heterocycles. The van der Waals surface area contributed by atoms with Gasteiger partial charge in [-0.1, -0.05) is 11.6 Å². The van der Waals surface area contributed by atoms with Crippen molar-refractivity contribution in [1.82, 2.24) is 5.32 Å². The van der Waals surface area contributed by atoms with Gasteiger partial charge in [-0.25, -0.2) is 0 Å². The van der Waals surface area contributed by atoms with Crippen LogP contribution in [0.1, 0.15) is 55.2 Å². The van der Waals surface area contributed by atoms with Crippen molar-refractivity contribution >= 4 is 17.5 Å². The second-order valence-electron chi connectivity index (χ2n) is 7.71. The fourth-order valence-electron chi connectivity index (χ4n) is 4.32. The molecule has 5 nitrogen and oxygen atoms in total. The van der Waals surface area contributed by atoms with Gasteiger partial charge in [0, 0.05) is 17.9 Å². The van der Waals surface area contributed by atoms with E-state index in [9.17, 15) is 9.90 Å². The van der Waals surface area contributed by atoms with Crippen LogP contribution >= 0.6 is 11.6 Å². The lowest BCUT2D eigenvalue weighted by Crippen LogP contribution is -2.57. The fourth-order valence-corrected chi connectivity index (χ4v) is 4.65.